The van der Waals surface area contributed by atoms with Crippen LogP contribution in [0.1, 0.15) is 32.8 Å². The van der Waals surface area contributed by atoms with Crippen LogP contribution >= 0.6 is 11.8 Å². The van der Waals surface area contributed by atoms with E-state index in [1.54, 1.807) is 11.8 Å². The van der Waals surface area contributed by atoms with Gasteiger partial charge in [0.2, 0.25) is 5.91 Å². The van der Waals surface area contributed by atoms with Crippen LogP contribution in [0.15, 0.2) is 36.4 Å². The standard InChI is InChI=1S/C16H23NOS/c1-4-16(2,3)17-15(18)13-19-12-8-11-14-9-6-5-7-10-14/h5-11H,4,12-13H2,1-3H3,(H,17,18)/b11-8+. The van der Waals surface area contributed by atoms with E-state index < -0.39 is 0 Å². The first kappa shape index (κ1) is 15.8. The van der Waals surface area contributed by atoms with E-state index in [4.69, 9.17) is 0 Å². The summed E-state index contributed by atoms with van der Waals surface area (Å²) >= 11 is 1.63. The van der Waals surface area contributed by atoms with Gasteiger partial charge in [0.1, 0.15) is 0 Å². The van der Waals surface area contributed by atoms with Gasteiger partial charge in [0.05, 0.1) is 5.75 Å². The van der Waals surface area contributed by atoms with Crippen molar-refractivity contribution in [1.82, 2.24) is 5.32 Å². The minimum atomic E-state index is -0.0997. The van der Waals surface area contributed by atoms with Crippen molar-refractivity contribution in [2.24, 2.45) is 0 Å². The Kier molecular flexibility index (Phi) is 6.71. The van der Waals surface area contributed by atoms with Gasteiger partial charge in [-0.3, -0.25) is 4.79 Å². The predicted octanol–water partition coefficient (Wildman–Crippen LogP) is 3.74. The van der Waals surface area contributed by atoms with Gasteiger partial charge in [0.15, 0.2) is 0 Å². The third-order valence-corrected chi connectivity index (χ3v) is 3.81. The molecule has 1 aromatic rings. The quantitative estimate of drug-likeness (QED) is 0.769. The number of hydrogen-bond donors (Lipinski definition) is 1. The summed E-state index contributed by atoms with van der Waals surface area (Å²) in [6.07, 6.45) is 5.12. The van der Waals surface area contributed by atoms with Crippen LogP contribution in [-0.2, 0) is 4.79 Å². The van der Waals surface area contributed by atoms with Gasteiger partial charge >= 0.3 is 0 Å². The zero-order valence-corrected chi connectivity index (χ0v) is 12.8. The lowest BCUT2D eigenvalue weighted by atomic mass is 10.0. The summed E-state index contributed by atoms with van der Waals surface area (Å²) in [6, 6.07) is 10.2. The Morgan fingerprint density at radius 1 is 1.32 bits per heavy atom. The summed E-state index contributed by atoms with van der Waals surface area (Å²) in [5, 5.41) is 3.03. The zero-order chi connectivity index (χ0) is 14.1. The SMILES string of the molecule is CCC(C)(C)NC(=O)CSC/C=C/c1ccccc1. The summed E-state index contributed by atoms with van der Waals surface area (Å²) < 4.78 is 0. The molecule has 1 aromatic carbocycles. The normalized spacial score (nSPS) is 11.7. The van der Waals surface area contributed by atoms with E-state index >= 15 is 0 Å². The zero-order valence-electron chi connectivity index (χ0n) is 12.0. The molecule has 0 heterocycles. The van der Waals surface area contributed by atoms with Crippen LogP contribution in [0, 0.1) is 0 Å². The van der Waals surface area contributed by atoms with E-state index in [1.165, 1.54) is 5.56 Å². The van der Waals surface area contributed by atoms with E-state index in [1.807, 2.05) is 32.0 Å². The van der Waals surface area contributed by atoms with Crippen molar-refractivity contribution in [3.63, 3.8) is 0 Å². The minimum Gasteiger partial charge on any atom is -0.351 e. The summed E-state index contributed by atoms with van der Waals surface area (Å²) in [5.74, 6) is 1.49. The van der Waals surface area contributed by atoms with E-state index in [2.05, 4.69) is 36.5 Å². The van der Waals surface area contributed by atoms with Crippen molar-refractivity contribution in [3.05, 3.63) is 42.0 Å². The number of benzene rings is 1. The number of rotatable bonds is 7. The molecule has 0 aliphatic heterocycles. The van der Waals surface area contributed by atoms with Crippen molar-refractivity contribution in [2.45, 2.75) is 32.7 Å². The van der Waals surface area contributed by atoms with Gasteiger partial charge in [0.25, 0.3) is 0 Å². The Bertz CT molecular complexity index is 412. The second kappa shape index (κ2) is 8.05. The molecule has 0 radical (unpaired) electrons. The number of carbonyl (C=O) groups excluding carboxylic acids is 1. The fraction of sp³-hybridized carbons (Fsp3) is 0.438. The van der Waals surface area contributed by atoms with Gasteiger partial charge in [-0.15, -0.1) is 11.8 Å². The molecule has 0 saturated heterocycles. The Morgan fingerprint density at radius 3 is 2.63 bits per heavy atom. The molecule has 0 saturated carbocycles. The van der Waals surface area contributed by atoms with E-state index in [0.29, 0.717) is 5.75 Å². The van der Waals surface area contributed by atoms with Crippen molar-refractivity contribution in [2.75, 3.05) is 11.5 Å². The molecular weight excluding hydrogens is 254 g/mol. The van der Waals surface area contributed by atoms with E-state index in [9.17, 15) is 4.79 Å². The first-order chi connectivity index (χ1) is 9.03. The Morgan fingerprint density at radius 2 is 2.00 bits per heavy atom. The molecule has 1 amide bonds. The fourth-order valence-electron chi connectivity index (χ4n) is 1.47. The lowest BCUT2D eigenvalue weighted by Crippen LogP contribution is -2.43. The molecule has 3 heteroatoms. The molecule has 0 aliphatic rings. The smallest absolute Gasteiger partial charge is 0.230 e. The summed E-state index contributed by atoms with van der Waals surface area (Å²) in [4.78, 5) is 11.7. The van der Waals surface area contributed by atoms with Crippen LogP contribution in [-0.4, -0.2) is 23.0 Å². The number of carbonyl (C=O) groups is 1. The van der Waals surface area contributed by atoms with E-state index in [0.717, 1.165) is 12.2 Å². The maximum absolute atomic E-state index is 11.7. The van der Waals surface area contributed by atoms with Gasteiger partial charge < -0.3 is 5.32 Å². The molecule has 0 atom stereocenters. The highest BCUT2D eigenvalue weighted by Crippen LogP contribution is 2.09. The largest absolute Gasteiger partial charge is 0.351 e. The van der Waals surface area contributed by atoms with E-state index in [-0.39, 0.29) is 11.4 Å². The first-order valence-electron chi connectivity index (χ1n) is 6.64. The van der Waals surface area contributed by atoms with Crippen LogP contribution in [0.2, 0.25) is 0 Å². The van der Waals surface area contributed by atoms with Gasteiger partial charge in [-0.25, -0.2) is 0 Å². The summed E-state index contributed by atoms with van der Waals surface area (Å²) in [7, 11) is 0. The Hall–Kier alpha value is -1.22. The third kappa shape index (κ3) is 7.06. The van der Waals surface area contributed by atoms with Crippen molar-refractivity contribution in [1.29, 1.82) is 0 Å². The highest BCUT2D eigenvalue weighted by atomic mass is 32.2. The second-order valence-corrected chi connectivity index (χ2v) is 6.14. The Balaban J connectivity index is 2.21. The molecule has 0 fully saturated rings. The maximum atomic E-state index is 11.7. The molecule has 0 aliphatic carbocycles. The van der Waals surface area contributed by atoms with Gasteiger partial charge in [-0.05, 0) is 25.8 Å². The first-order valence-corrected chi connectivity index (χ1v) is 7.79. The van der Waals surface area contributed by atoms with Gasteiger partial charge in [-0.2, -0.15) is 0 Å². The second-order valence-electron chi connectivity index (χ2n) is 5.11. The van der Waals surface area contributed by atoms with Crippen LogP contribution in [0.5, 0.6) is 0 Å². The third-order valence-electron chi connectivity index (χ3n) is 2.92. The molecule has 0 aromatic heterocycles. The number of nitrogens with one attached hydrogen (secondary N) is 1. The minimum absolute atomic E-state index is 0.0997. The maximum Gasteiger partial charge on any atom is 0.230 e. The lowest BCUT2D eigenvalue weighted by Gasteiger charge is -2.24. The Labute approximate surface area is 120 Å². The summed E-state index contributed by atoms with van der Waals surface area (Å²) in [5.41, 5.74) is 1.09. The van der Waals surface area contributed by atoms with Crippen molar-refractivity contribution in [3.8, 4) is 0 Å². The molecule has 0 bridgehead atoms. The molecule has 1 rings (SSSR count). The molecular formula is C16H23NOS. The highest BCUT2D eigenvalue weighted by Gasteiger charge is 2.16. The van der Waals surface area contributed by atoms with Crippen LogP contribution in [0.3, 0.4) is 0 Å². The monoisotopic (exact) mass is 277 g/mol. The predicted molar refractivity (Wildman–Crippen MR) is 85.3 cm³/mol. The average Bonchev–Trinajstić information content (AvgIpc) is 2.39. The average molecular weight is 277 g/mol. The molecule has 19 heavy (non-hydrogen) atoms. The van der Waals surface area contributed by atoms with Crippen LogP contribution < -0.4 is 5.32 Å². The van der Waals surface area contributed by atoms with Gasteiger partial charge in [-0.1, -0.05) is 49.4 Å². The molecule has 104 valence electrons. The van der Waals surface area contributed by atoms with Crippen LogP contribution in [0.4, 0.5) is 0 Å². The highest BCUT2D eigenvalue weighted by molar-refractivity contribution is 8.00. The molecule has 0 spiro atoms. The number of thioether (sulfide) groups is 1. The topological polar surface area (TPSA) is 29.1 Å². The summed E-state index contributed by atoms with van der Waals surface area (Å²) in [6.45, 7) is 6.17. The van der Waals surface area contributed by atoms with Crippen molar-refractivity contribution < 1.29 is 4.79 Å². The van der Waals surface area contributed by atoms with Crippen LogP contribution in [0.25, 0.3) is 6.08 Å². The molecule has 2 nitrogen and oxygen atoms in total. The fourth-order valence-corrected chi connectivity index (χ4v) is 2.08. The van der Waals surface area contributed by atoms with Crippen molar-refractivity contribution >= 4 is 23.7 Å². The lowest BCUT2D eigenvalue weighted by molar-refractivity contribution is -0.120. The molecule has 0 unspecified atom stereocenters. The molecule has 1 N–H and O–H groups in total. The van der Waals surface area contributed by atoms with Gasteiger partial charge in [0, 0.05) is 11.3 Å². The number of hydrogen-bond acceptors (Lipinski definition) is 2. The number of amides is 1.